The van der Waals surface area contributed by atoms with Crippen LogP contribution in [0.2, 0.25) is 0 Å². The molecule has 0 aliphatic carbocycles. The molecule has 1 atom stereocenters. The van der Waals surface area contributed by atoms with Gasteiger partial charge in [0.25, 0.3) is 11.6 Å². The molecule has 2 heterocycles. The second-order valence-corrected chi connectivity index (χ2v) is 9.69. The zero-order valence-corrected chi connectivity index (χ0v) is 21.2. The summed E-state index contributed by atoms with van der Waals surface area (Å²) >= 11 is 0. The molecule has 1 unspecified atom stereocenters. The predicted molar refractivity (Wildman–Crippen MR) is 139 cm³/mol. The number of nitrogens with zero attached hydrogens (tertiary/aromatic N) is 4. The van der Waals surface area contributed by atoms with E-state index >= 15 is 0 Å². The van der Waals surface area contributed by atoms with Crippen molar-refractivity contribution in [3.63, 3.8) is 0 Å². The number of nitro benzene ring substituents is 1. The summed E-state index contributed by atoms with van der Waals surface area (Å²) in [4.78, 5) is 39.6. The highest BCUT2D eigenvalue weighted by Crippen LogP contribution is 2.36. The minimum atomic E-state index is -0.774. The third-order valence-corrected chi connectivity index (χ3v) is 5.75. The van der Waals surface area contributed by atoms with E-state index in [-0.39, 0.29) is 28.7 Å². The van der Waals surface area contributed by atoms with Crippen LogP contribution < -0.4 is 15.8 Å². The number of carbonyl (C=O) groups excluding carboxylic acids is 2. The average molecular weight is 521 g/mol. The Bertz CT molecular complexity index is 1390. The van der Waals surface area contributed by atoms with Crippen LogP contribution in [0.3, 0.4) is 0 Å². The Kier molecular flexibility index (Phi) is 7.42. The number of aromatic nitrogens is 2. The SMILES string of the molecule is CC(C)(C)OC(=O)N=C(N)c1ccc2c(c1)C(CCNC(=O)c1ccc(-n3cccn3)c([N+](=O)[O-])c1)CO2. The Morgan fingerprint density at radius 2 is 2.03 bits per heavy atom. The number of fused-ring (bicyclic) bond motifs is 1. The fourth-order valence-corrected chi connectivity index (χ4v) is 4.00. The molecule has 12 heteroatoms. The first-order chi connectivity index (χ1) is 18.0. The summed E-state index contributed by atoms with van der Waals surface area (Å²) in [6.07, 6.45) is 2.88. The lowest BCUT2D eigenvalue weighted by Crippen LogP contribution is -2.26. The minimum Gasteiger partial charge on any atom is -0.493 e. The van der Waals surface area contributed by atoms with E-state index in [1.165, 1.54) is 29.1 Å². The van der Waals surface area contributed by atoms with E-state index in [4.69, 9.17) is 15.2 Å². The van der Waals surface area contributed by atoms with Gasteiger partial charge < -0.3 is 20.5 Å². The Labute approximate surface area is 218 Å². The summed E-state index contributed by atoms with van der Waals surface area (Å²) in [5, 5.41) is 18.4. The van der Waals surface area contributed by atoms with Gasteiger partial charge in [0.15, 0.2) is 0 Å². The van der Waals surface area contributed by atoms with Crippen LogP contribution >= 0.6 is 0 Å². The molecule has 0 spiro atoms. The fraction of sp³-hybridized carbons (Fsp3) is 0.308. The molecule has 0 saturated heterocycles. The normalized spacial score (nSPS) is 14.9. The molecule has 198 valence electrons. The number of hydrogen-bond donors (Lipinski definition) is 2. The van der Waals surface area contributed by atoms with Gasteiger partial charge in [-0.15, -0.1) is 0 Å². The van der Waals surface area contributed by atoms with Gasteiger partial charge in [-0.3, -0.25) is 14.9 Å². The van der Waals surface area contributed by atoms with Crippen molar-refractivity contribution in [1.82, 2.24) is 15.1 Å². The summed E-state index contributed by atoms with van der Waals surface area (Å²) in [6, 6.07) is 11.2. The molecule has 1 aliphatic heterocycles. The molecule has 0 saturated carbocycles. The monoisotopic (exact) mass is 520 g/mol. The maximum atomic E-state index is 12.7. The number of nitrogens with one attached hydrogen (secondary N) is 1. The molecule has 1 aromatic heterocycles. The van der Waals surface area contributed by atoms with Crippen molar-refractivity contribution in [2.45, 2.75) is 38.7 Å². The second-order valence-electron chi connectivity index (χ2n) is 9.69. The molecule has 2 amide bonds. The largest absolute Gasteiger partial charge is 0.493 e. The van der Waals surface area contributed by atoms with Crippen molar-refractivity contribution in [2.75, 3.05) is 13.2 Å². The van der Waals surface area contributed by atoms with Crippen LogP contribution in [0.15, 0.2) is 59.9 Å². The third kappa shape index (κ3) is 6.14. The van der Waals surface area contributed by atoms with Gasteiger partial charge in [0.1, 0.15) is 22.9 Å². The number of amides is 2. The molecule has 0 radical (unpaired) electrons. The Morgan fingerprint density at radius 1 is 1.26 bits per heavy atom. The highest BCUT2D eigenvalue weighted by Gasteiger charge is 2.26. The second kappa shape index (κ2) is 10.7. The van der Waals surface area contributed by atoms with Crippen LogP contribution in [0.4, 0.5) is 10.5 Å². The number of aliphatic imine (C=N–C) groups is 1. The van der Waals surface area contributed by atoms with Crippen molar-refractivity contribution in [1.29, 1.82) is 0 Å². The van der Waals surface area contributed by atoms with E-state index < -0.39 is 22.5 Å². The van der Waals surface area contributed by atoms with Crippen molar-refractivity contribution < 1.29 is 24.0 Å². The number of ether oxygens (including phenoxy) is 2. The molecule has 2 aromatic carbocycles. The summed E-state index contributed by atoms with van der Waals surface area (Å²) in [5.74, 6) is 0.263. The molecule has 12 nitrogen and oxygen atoms in total. The van der Waals surface area contributed by atoms with Crippen LogP contribution in [-0.4, -0.2) is 51.3 Å². The lowest BCUT2D eigenvalue weighted by Gasteiger charge is -2.17. The lowest BCUT2D eigenvalue weighted by molar-refractivity contribution is -0.384. The van der Waals surface area contributed by atoms with Crippen LogP contribution in [-0.2, 0) is 4.74 Å². The smallest absolute Gasteiger partial charge is 0.436 e. The Hall–Kier alpha value is -4.74. The van der Waals surface area contributed by atoms with E-state index in [2.05, 4.69) is 15.4 Å². The van der Waals surface area contributed by atoms with Gasteiger partial charge in [-0.25, -0.2) is 9.48 Å². The zero-order valence-electron chi connectivity index (χ0n) is 21.2. The highest BCUT2D eigenvalue weighted by molar-refractivity contribution is 6.03. The summed E-state index contributed by atoms with van der Waals surface area (Å²) in [5.41, 5.74) is 7.00. The van der Waals surface area contributed by atoms with Crippen molar-refractivity contribution >= 4 is 23.5 Å². The van der Waals surface area contributed by atoms with Gasteiger partial charge in [0.05, 0.1) is 11.5 Å². The van der Waals surface area contributed by atoms with E-state index in [1.54, 1.807) is 45.2 Å². The lowest BCUT2D eigenvalue weighted by atomic mass is 9.96. The first-order valence-corrected chi connectivity index (χ1v) is 11.9. The maximum absolute atomic E-state index is 12.7. The van der Waals surface area contributed by atoms with Crippen LogP contribution in [0, 0.1) is 10.1 Å². The number of hydrogen-bond acceptors (Lipinski definition) is 7. The van der Waals surface area contributed by atoms with E-state index in [1.807, 2.05) is 6.07 Å². The average Bonchev–Trinajstić information content (AvgIpc) is 3.52. The predicted octanol–water partition coefficient (Wildman–Crippen LogP) is 3.72. The van der Waals surface area contributed by atoms with Crippen molar-refractivity contribution in [3.8, 4) is 11.4 Å². The van der Waals surface area contributed by atoms with Gasteiger partial charge in [-0.1, -0.05) is 0 Å². The summed E-state index contributed by atoms with van der Waals surface area (Å²) in [6.45, 7) is 5.95. The van der Waals surface area contributed by atoms with Crippen LogP contribution in [0.1, 0.15) is 54.6 Å². The van der Waals surface area contributed by atoms with Gasteiger partial charge in [0.2, 0.25) is 0 Å². The molecule has 3 aromatic rings. The summed E-state index contributed by atoms with van der Waals surface area (Å²) < 4.78 is 12.3. The molecule has 1 aliphatic rings. The number of carbonyl (C=O) groups is 2. The van der Waals surface area contributed by atoms with Crippen LogP contribution in [0.5, 0.6) is 5.75 Å². The maximum Gasteiger partial charge on any atom is 0.436 e. The Balaban J connectivity index is 1.40. The van der Waals surface area contributed by atoms with E-state index in [0.29, 0.717) is 30.9 Å². The van der Waals surface area contributed by atoms with Gasteiger partial charge >= 0.3 is 6.09 Å². The molecule has 38 heavy (non-hydrogen) atoms. The van der Waals surface area contributed by atoms with Crippen LogP contribution in [0.25, 0.3) is 5.69 Å². The van der Waals surface area contributed by atoms with Crippen molar-refractivity contribution in [3.05, 3.63) is 81.7 Å². The molecule has 0 bridgehead atoms. The van der Waals surface area contributed by atoms with Gasteiger partial charge in [-0.05, 0) is 63.6 Å². The van der Waals surface area contributed by atoms with E-state index in [9.17, 15) is 19.7 Å². The molecule has 3 N–H and O–H groups in total. The molecular weight excluding hydrogens is 492 g/mol. The number of nitro groups is 1. The topological polar surface area (TPSA) is 164 Å². The minimum absolute atomic E-state index is 0.0288. The number of amidine groups is 1. The summed E-state index contributed by atoms with van der Waals surface area (Å²) in [7, 11) is 0. The molecular formula is C26H28N6O6. The highest BCUT2D eigenvalue weighted by atomic mass is 16.6. The quantitative estimate of drug-likeness (QED) is 0.206. The zero-order chi connectivity index (χ0) is 27.4. The van der Waals surface area contributed by atoms with Gasteiger partial charge in [-0.2, -0.15) is 10.1 Å². The Morgan fingerprint density at radius 3 is 2.71 bits per heavy atom. The third-order valence-electron chi connectivity index (χ3n) is 5.75. The number of rotatable bonds is 7. The first kappa shape index (κ1) is 26.3. The fourth-order valence-electron chi connectivity index (χ4n) is 4.00. The van der Waals surface area contributed by atoms with Gasteiger partial charge in [0, 0.05) is 47.6 Å². The molecule has 0 fully saturated rings. The van der Waals surface area contributed by atoms with E-state index in [0.717, 1.165) is 5.56 Å². The standard InChI is InChI=1S/C26H28N6O6/c1-26(2,3)38-25(34)30-23(27)16-6-8-22-19(13-16)18(15-37-22)9-11-28-24(33)17-5-7-20(21(14-17)32(35)36)31-12-4-10-29-31/h4-8,10,12-14,18H,9,11,15H2,1-3H3,(H,28,33)(H2,27,30,34). The number of benzene rings is 2. The van der Waals surface area contributed by atoms with Crippen molar-refractivity contribution in [2.24, 2.45) is 10.7 Å². The molecule has 4 rings (SSSR count). The first-order valence-electron chi connectivity index (χ1n) is 11.9. The number of nitrogens with two attached hydrogens (primary N) is 1.